The molecule has 0 N–H and O–H groups in total. The summed E-state index contributed by atoms with van der Waals surface area (Å²) in [5, 5.41) is 9.39. The summed E-state index contributed by atoms with van der Waals surface area (Å²) in [7, 11) is 1.49. The van der Waals surface area contributed by atoms with E-state index in [4.69, 9.17) is 0 Å². The van der Waals surface area contributed by atoms with Crippen molar-refractivity contribution in [3.05, 3.63) is 10.5 Å². The van der Waals surface area contributed by atoms with Gasteiger partial charge in [0.2, 0.25) is 5.69 Å². The van der Waals surface area contributed by atoms with Gasteiger partial charge < -0.3 is 4.68 Å². The van der Waals surface area contributed by atoms with Gasteiger partial charge in [0.15, 0.2) is 0 Å². The molecule has 0 spiro atoms. The second-order valence-electron chi connectivity index (χ2n) is 1.09. The molecule has 8 heavy (non-hydrogen) atoms. The smallest absolute Gasteiger partial charge is 0.240 e. The third-order valence-electron chi connectivity index (χ3n) is 0.581. The van der Waals surface area contributed by atoms with Crippen molar-refractivity contribution in [3.8, 4) is 0 Å². The van der Waals surface area contributed by atoms with Crippen molar-refractivity contribution in [2.75, 3.05) is 0 Å². The minimum absolute atomic E-state index is 0. The maximum Gasteiger partial charge on any atom is 0.240 e. The molecular formula is C2H3N4OU-. The zero-order valence-corrected chi connectivity index (χ0v) is 8.36. The number of rotatable bonds is 0. The van der Waals surface area contributed by atoms with Crippen LogP contribution in [0.3, 0.4) is 0 Å². The summed E-state index contributed by atoms with van der Waals surface area (Å²) in [6, 6.07) is 0. The minimum atomic E-state index is -0.417. The normalized spacial score (nSPS) is 8.12. The van der Waals surface area contributed by atoms with E-state index in [0.717, 1.165) is 4.68 Å². The SMILES string of the molecule is Cn1nn[n-]c1=O.[U]. The van der Waals surface area contributed by atoms with E-state index in [9.17, 15) is 4.79 Å². The predicted octanol–water partition coefficient (Wildman–Crippen LogP) is -1.87. The molecule has 0 atom stereocenters. The molecule has 0 aliphatic heterocycles. The van der Waals surface area contributed by atoms with Gasteiger partial charge in [-0.3, -0.25) is 10.0 Å². The Labute approximate surface area is 68.8 Å². The van der Waals surface area contributed by atoms with Crippen LogP contribution in [0.1, 0.15) is 0 Å². The molecule has 0 aromatic carbocycles. The summed E-state index contributed by atoms with van der Waals surface area (Å²) in [4.78, 5) is 10.1. The second kappa shape index (κ2) is 3.05. The molecule has 1 heterocycles. The summed E-state index contributed by atoms with van der Waals surface area (Å²) in [5.74, 6) is 0. The molecule has 42 valence electrons. The van der Waals surface area contributed by atoms with Crippen LogP contribution in [0.4, 0.5) is 0 Å². The van der Waals surface area contributed by atoms with Crippen molar-refractivity contribution in [1.29, 1.82) is 0 Å². The van der Waals surface area contributed by atoms with Gasteiger partial charge in [-0.25, -0.2) is 5.10 Å². The average Bonchev–Trinajstić information content (AvgIpc) is 1.91. The third kappa shape index (κ3) is 1.46. The van der Waals surface area contributed by atoms with Crippen molar-refractivity contribution in [1.82, 2.24) is 20.2 Å². The molecule has 0 aliphatic rings. The monoisotopic (exact) mass is 337 g/mol. The van der Waals surface area contributed by atoms with Crippen LogP contribution in [0.2, 0.25) is 0 Å². The Morgan fingerprint density at radius 3 is 2.50 bits per heavy atom. The molecule has 0 unspecified atom stereocenters. The minimum Gasteiger partial charge on any atom is -0.344 e. The summed E-state index contributed by atoms with van der Waals surface area (Å²) >= 11 is 0. The molecule has 0 amide bonds. The molecule has 0 aliphatic carbocycles. The van der Waals surface area contributed by atoms with E-state index in [1.807, 2.05) is 0 Å². The van der Waals surface area contributed by atoms with E-state index in [2.05, 4.69) is 15.5 Å². The summed E-state index contributed by atoms with van der Waals surface area (Å²) in [5.41, 5.74) is -0.417. The fourth-order valence-electron chi connectivity index (χ4n) is 0.221. The van der Waals surface area contributed by atoms with Crippen LogP contribution < -0.4 is 10.8 Å². The van der Waals surface area contributed by atoms with Crippen LogP contribution in [0.5, 0.6) is 0 Å². The van der Waals surface area contributed by atoms with Crippen molar-refractivity contribution < 1.29 is 31.1 Å². The van der Waals surface area contributed by atoms with Crippen LogP contribution in [0.25, 0.3) is 0 Å². The number of tetrazole rings is 1. The van der Waals surface area contributed by atoms with Gasteiger partial charge >= 0.3 is 0 Å². The molecule has 1 aromatic heterocycles. The summed E-state index contributed by atoms with van der Waals surface area (Å²) < 4.78 is 1.06. The van der Waals surface area contributed by atoms with Gasteiger partial charge in [-0.1, -0.05) is 0 Å². The zero-order chi connectivity index (χ0) is 5.28. The van der Waals surface area contributed by atoms with Crippen LogP contribution in [-0.2, 0) is 7.05 Å². The van der Waals surface area contributed by atoms with Gasteiger partial charge in [-0.15, -0.1) is 0 Å². The number of aryl methyl sites for hydroxylation is 1. The molecule has 0 fully saturated rings. The molecule has 0 saturated heterocycles. The number of hydrogen-bond acceptors (Lipinski definition) is 3. The van der Waals surface area contributed by atoms with Crippen molar-refractivity contribution in [3.63, 3.8) is 0 Å². The van der Waals surface area contributed by atoms with Gasteiger partial charge in [0.05, 0.1) is 0 Å². The van der Waals surface area contributed by atoms with Gasteiger partial charge in [0.25, 0.3) is 0 Å². The fraction of sp³-hybridized carbons (Fsp3) is 0.500. The van der Waals surface area contributed by atoms with E-state index < -0.39 is 5.69 Å². The number of hydrogen-bond donors (Lipinski definition) is 0. The molecule has 5 nitrogen and oxygen atoms in total. The molecule has 1 aromatic rings. The Hall–Kier alpha value is -0.0781. The second-order valence-corrected chi connectivity index (χ2v) is 1.09. The largest absolute Gasteiger partial charge is 0.344 e. The molecular weight excluding hydrogens is 334 g/mol. The van der Waals surface area contributed by atoms with E-state index >= 15 is 0 Å². The van der Waals surface area contributed by atoms with Crippen LogP contribution >= 0.6 is 0 Å². The van der Waals surface area contributed by atoms with Crippen LogP contribution in [0.15, 0.2) is 4.79 Å². The van der Waals surface area contributed by atoms with Gasteiger partial charge in [-0.05, 0) is 7.05 Å². The van der Waals surface area contributed by atoms with Crippen molar-refractivity contribution in [2.45, 2.75) is 0 Å². The first-order valence-corrected chi connectivity index (χ1v) is 1.70. The standard InChI is InChI=1S/C2H4N4O.U/c1-6-2(7)3-4-5-6;/h1H3,(H,3,5,7);/p-1. The predicted molar refractivity (Wildman–Crippen MR) is 20.6 cm³/mol. The zero-order valence-electron chi connectivity index (χ0n) is 4.20. The first-order chi connectivity index (χ1) is 3.30. The molecule has 0 saturated carbocycles. The Balaban J connectivity index is 0.000000490. The quantitative estimate of drug-likeness (QED) is 0.557. The summed E-state index contributed by atoms with van der Waals surface area (Å²) in [6.07, 6.45) is 0. The molecule has 6 heteroatoms. The maximum absolute atomic E-state index is 10.1. The Morgan fingerprint density at radius 1 is 1.75 bits per heavy atom. The maximum atomic E-state index is 10.1. The van der Waals surface area contributed by atoms with Crippen molar-refractivity contribution in [2.24, 2.45) is 7.05 Å². The summed E-state index contributed by atoms with van der Waals surface area (Å²) in [6.45, 7) is 0. The fourth-order valence-corrected chi connectivity index (χ4v) is 0.221. The number of aromatic nitrogens is 4. The van der Waals surface area contributed by atoms with E-state index in [1.54, 1.807) is 0 Å². The first kappa shape index (κ1) is 7.92. The van der Waals surface area contributed by atoms with E-state index in [-0.39, 0.29) is 31.1 Å². The number of nitrogens with zero attached hydrogens (tertiary/aromatic N) is 4. The Morgan fingerprint density at radius 2 is 2.38 bits per heavy atom. The third-order valence-corrected chi connectivity index (χ3v) is 0.581. The molecule has 0 bridgehead atoms. The topological polar surface area (TPSA) is 61.9 Å². The van der Waals surface area contributed by atoms with Crippen molar-refractivity contribution >= 4 is 0 Å². The Bertz CT molecular complexity index is 202. The molecule has 1 rings (SSSR count). The van der Waals surface area contributed by atoms with Crippen LogP contribution in [0, 0.1) is 31.1 Å². The van der Waals surface area contributed by atoms with E-state index in [0.29, 0.717) is 0 Å². The van der Waals surface area contributed by atoms with Gasteiger partial charge in [0, 0.05) is 31.1 Å². The average molecular weight is 337 g/mol. The van der Waals surface area contributed by atoms with Crippen LogP contribution in [-0.4, -0.2) is 15.1 Å². The first-order valence-electron chi connectivity index (χ1n) is 1.70. The Kier molecular flexibility index (Phi) is 3.02. The molecule has 0 radical (unpaired) electrons. The van der Waals surface area contributed by atoms with Gasteiger partial charge in [-0.2, -0.15) is 5.21 Å². The van der Waals surface area contributed by atoms with Gasteiger partial charge in [0.1, 0.15) is 0 Å². The van der Waals surface area contributed by atoms with E-state index in [1.165, 1.54) is 7.05 Å².